The summed E-state index contributed by atoms with van der Waals surface area (Å²) in [4.78, 5) is 0. The van der Waals surface area contributed by atoms with E-state index in [9.17, 15) is 0 Å². The number of halogens is 4. The van der Waals surface area contributed by atoms with Gasteiger partial charge in [-0.3, -0.25) is 0 Å². The molecule has 0 radical (unpaired) electrons. The van der Waals surface area contributed by atoms with Gasteiger partial charge >= 0.3 is 191 Å². The molecule has 0 spiro atoms. The number of benzene rings is 12. The molecule has 0 aromatic heterocycles. The molecule has 0 N–H and O–H groups in total. The standard InChI is InChI=1S/C53H45.C25H16Cl2.C5H5.2ClH.Zr/c1-52(2,3)50-32-46-40(30-48(50)44-21-13-11-19-42(44)38-25-23-34-15-7-9-17-36(34)27-38)29-41-31-49(51(33-47(41)46)53(4,5)6)45-22-14-12-20-43(45)39-26-24-35-16-8-10-18-37(35)28-39;26-24-16-18(11-13-22(24)20-7-3-1-4-8-20)15-19-12-14-23(25(27)17-19)21-9-5-2-6-10-21;1-2-4-5-3-1;;;/h7-28,30,32-33H,29H2,1-6H3;1-14,16-17H;1-5H;2*1H;/q-1;;-1;;;+2/p-2. The maximum atomic E-state index is 6.60. The van der Waals surface area contributed by atoms with E-state index in [1.54, 1.807) is 0 Å². The molecule has 432 valence electrons. The molecule has 0 unspecified atom stereocenters. The molecule has 0 saturated heterocycles. The monoisotopic (exact) mass is 1290 g/mol. The van der Waals surface area contributed by atoms with Crippen molar-refractivity contribution >= 4 is 48.0 Å². The molecule has 0 fully saturated rings. The van der Waals surface area contributed by atoms with E-state index < -0.39 is 0 Å². The fraction of sp³-hybridized carbons (Fsp3) is 0.108. The Labute approximate surface area is 557 Å². The summed E-state index contributed by atoms with van der Waals surface area (Å²) >= 11 is 14.5. The van der Waals surface area contributed by atoms with Gasteiger partial charge in [0.15, 0.2) is 0 Å². The molecular weight excluding hydrogens is 1230 g/mol. The molecule has 5 heteroatoms. The second-order valence-electron chi connectivity index (χ2n) is 24.4. The first-order chi connectivity index (χ1) is 41.7. The summed E-state index contributed by atoms with van der Waals surface area (Å²) in [5.74, 6) is 0. The average Bonchev–Trinajstić information content (AvgIpc) is 1.80. The van der Waals surface area contributed by atoms with Crippen molar-refractivity contribution in [3.63, 3.8) is 0 Å². The Kier molecular flexibility index (Phi) is 19.8. The summed E-state index contributed by atoms with van der Waals surface area (Å²) in [5.41, 5.74) is 24.6. The van der Waals surface area contributed by atoms with E-state index in [2.05, 4.69) is 248 Å². The summed E-state index contributed by atoms with van der Waals surface area (Å²) < 4.78 is 1.23. The summed E-state index contributed by atoms with van der Waals surface area (Å²) in [5, 5.41) is 6.58. The van der Waals surface area contributed by atoms with Gasteiger partial charge in [0.1, 0.15) is 0 Å². The van der Waals surface area contributed by atoms with E-state index in [-0.39, 0.29) is 35.6 Å². The molecule has 1 aliphatic rings. The minimum atomic E-state index is -0.0777. The number of rotatable bonds is 8. The largest absolute Gasteiger partial charge is 1.00 e. The minimum Gasteiger partial charge on any atom is -1.00 e. The Hall–Kier alpha value is -7.58. The van der Waals surface area contributed by atoms with Gasteiger partial charge in [-0.1, -0.05) is 197 Å². The van der Waals surface area contributed by atoms with Gasteiger partial charge in [-0.2, -0.15) is 18.2 Å². The second kappa shape index (κ2) is 27.4. The van der Waals surface area contributed by atoms with Crippen molar-refractivity contribution in [1.29, 1.82) is 0 Å². The van der Waals surface area contributed by atoms with Gasteiger partial charge < -0.3 is 24.8 Å². The van der Waals surface area contributed by atoms with E-state index >= 15 is 0 Å². The third-order valence-corrected chi connectivity index (χ3v) is 18.5. The quantitative estimate of drug-likeness (QED) is 0.133. The van der Waals surface area contributed by atoms with E-state index in [0.717, 1.165) is 49.8 Å². The van der Waals surface area contributed by atoms with Crippen molar-refractivity contribution in [3.8, 4) is 77.9 Å². The zero-order valence-electron chi connectivity index (χ0n) is 50.3. The Bertz CT molecular complexity index is 4310. The van der Waals surface area contributed by atoms with Crippen LogP contribution < -0.4 is 24.8 Å². The molecule has 0 heterocycles. The zero-order chi connectivity index (χ0) is 59.5. The third kappa shape index (κ3) is 13.7. The van der Waals surface area contributed by atoms with Gasteiger partial charge in [-0.05, 0) is 89.9 Å². The van der Waals surface area contributed by atoms with Gasteiger partial charge in [0.2, 0.25) is 0 Å². The van der Waals surface area contributed by atoms with Crippen molar-refractivity contribution in [1.82, 2.24) is 0 Å². The maximum Gasteiger partial charge on any atom is -0.172 e. The van der Waals surface area contributed by atoms with Gasteiger partial charge in [-0.25, -0.2) is 12.1 Å². The van der Waals surface area contributed by atoms with Crippen molar-refractivity contribution in [3.05, 3.63) is 329 Å². The van der Waals surface area contributed by atoms with Crippen molar-refractivity contribution in [2.24, 2.45) is 0 Å². The SMILES string of the molecule is CC(C)(C)c1cc2c([c-]c1-c1ccccc1-c1ccc3ccccc3c1)Cc1cc(-c3ccccc3-c3ccc4ccccc4c3)c(C(C)(C)C)cc1-2.Clc1cc([C](=[Zr+2])c2ccc(-c3ccccc3)c(Cl)c2)ccc1-c1ccccc1.[Cl-].[Cl-].c1cc[cH-]c1. The zero-order valence-corrected chi connectivity index (χ0v) is 55.8. The van der Waals surface area contributed by atoms with Crippen LogP contribution in [-0.4, -0.2) is 3.21 Å². The van der Waals surface area contributed by atoms with Gasteiger partial charge in [-0.15, -0.1) is 28.8 Å². The molecule has 1 aliphatic carbocycles. The summed E-state index contributed by atoms with van der Waals surface area (Å²) in [6.07, 6.45) is 0.871. The van der Waals surface area contributed by atoms with Crippen LogP contribution in [0, 0.1) is 6.07 Å². The van der Waals surface area contributed by atoms with Gasteiger partial charge in [0, 0.05) is 0 Å². The fourth-order valence-corrected chi connectivity index (χ4v) is 13.4. The second-order valence-corrected chi connectivity index (χ2v) is 26.4. The van der Waals surface area contributed by atoms with Crippen LogP contribution in [0.3, 0.4) is 0 Å². The van der Waals surface area contributed by atoms with E-state index in [4.69, 9.17) is 23.2 Å². The summed E-state index contributed by atoms with van der Waals surface area (Å²) in [6.45, 7) is 14.1. The van der Waals surface area contributed by atoms with Crippen molar-refractivity contribution in [2.75, 3.05) is 0 Å². The normalized spacial score (nSPS) is 11.5. The van der Waals surface area contributed by atoms with Crippen LogP contribution in [-0.2, 0) is 41.5 Å². The Morgan fingerprint density at radius 1 is 0.364 bits per heavy atom. The number of hydrogen-bond donors (Lipinski definition) is 0. The summed E-state index contributed by atoms with van der Waals surface area (Å²) in [6, 6.07) is 103. The Morgan fingerprint density at radius 2 is 0.795 bits per heavy atom. The smallest absolute Gasteiger partial charge is 0.172 e. The molecular formula is C83H66Cl4Zr-2. The van der Waals surface area contributed by atoms with Gasteiger partial charge in [0.25, 0.3) is 0 Å². The van der Waals surface area contributed by atoms with Crippen LogP contribution in [0.5, 0.6) is 0 Å². The molecule has 0 bridgehead atoms. The maximum absolute atomic E-state index is 6.60. The Balaban J connectivity index is 0.000000205. The van der Waals surface area contributed by atoms with Gasteiger partial charge in [0.05, 0.1) is 0 Å². The molecule has 88 heavy (non-hydrogen) atoms. The average molecular weight is 1300 g/mol. The first-order valence-electron chi connectivity index (χ1n) is 29.6. The van der Waals surface area contributed by atoms with Crippen LogP contribution in [0.2, 0.25) is 10.0 Å². The summed E-state index contributed by atoms with van der Waals surface area (Å²) in [7, 11) is 0. The van der Waals surface area contributed by atoms with Crippen LogP contribution >= 0.6 is 23.2 Å². The molecule has 14 rings (SSSR count). The van der Waals surface area contributed by atoms with Crippen LogP contribution in [0.4, 0.5) is 0 Å². The number of hydrogen-bond acceptors (Lipinski definition) is 0. The number of fused-ring (bicyclic) bond motifs is 5. The molecule has 13 aromatic carbocycles. The molecule has 0 atom stereocenters. The molecule has 0 aliphatic heterocycles. The first kappa shape index (κ1) is 63.4. The van der Waals surface area contributed by atoms with E-state index in [1.165, 1.54) is 127 Å². The Morgan fingerprint density at radius 3 is 1.26 bits per heavy atom. The predicted molar refractivity (Wildman–Crippen MR) is 367 cm³/mol. The predicted octanol–water partition coefficient (Wildman–Crippen LogP) is 17.5. The van der Waals surface area contributed by atoms with Crippen molar-refractivity contribution in [2.45, 2.75) is 58.8 Å². The van der Waals surface area contributed by atoms with Crippen molar-refractivity contribution < 1.29 is 49.0 Å². The molecule has 0 amide bonds. The molecule has 0 saturated carbocycles. The molecule has 0 nitrogen and oxygen atoms in total. The molecule has 13 aromatic rings. The first-order valence-corrected chi connectivity index (χ1v) is 31.6. The minimum absolute atomic E-state index is 0. The van der Waals surface area contributed by atoms with Crippen LogP contribution in [0.15, 0.2) is 279 Å². The fourth-order valence-electron chi connectivity index (χ4n) is 12.0. The third-order valence-electron chi connectivity index (χ3n) is 16.5. The van der Waals surface area contributed by atoms with E-state index in [1.807, 2.05) is 78.9 Å². The van der Waals surface area contributed by atoms with Crippen LogP contribution in [0.25, 0.3) is 99.4 Å². The van der Waals surface area contributed by atoms with Crippen LogP contribution in [0.1, 0.15) is 74.9 Å². The van der Waals surface area contributed by atoms with E-state index in [0.29, 0.717) is 0 Å². The topological polar surface area (TPSA) is 0 Å².